The van der Waals surface area contributed by atoms with Crippen molar-refractivity contribution in [2.24, 2.45) is 5.92 Å². The Kier molecular flexibility index (Phi) is 3.94. The lowest BCUT2D eigenvalue weighted by Crippen LogP contribution is -2.43. The zero-order chi connectivity index (χ0) is 15.9. The van der Waals surface area contributed by atoms with E-state index in [9.17, 15) is 9.59 Å². The molecule has 0 unspecified atom stereocenters. The number of rotatable bonds is 4. The molecule has 1 saturated carbocycles. The molecule has 2 aliphatic rings. The summed E-state index contributed by atoms with van der Waals surface area (Å²) in [7, 11) is 0. The van der Waals surface area contributed by atoms with Crippen LogP contribution in [0.4, 0.5) is 5.69 Å². The van der Waals surface area contributed by atoms with Crippen LogP contribution in [0.2, 0.25) is 0 Å². The lowest BCUT2D eigenvalue weighted by atomic mass is 9.98. The number of aryl methyl sites for hydroxylation is 1. The minimum atomic E-state index is 0.0552. The van der Waals surface area contributed by atoms with Crippen LogP contribution < -0.4 is 5.32 Å². The van der Waals surface area contributed by atoms with Crippen LogP contribution in [0.25, 0.3) is 0 Å². The molecule has 1 aromatic rings. The number of carbonyl (C=O) groups is 2. The predicted octanol–water partition coefficient (Wildman–Crippen LogP) is 3.22. The van der Waals surface area contributed by atoms with Crippen LogP contribution in [0.1, 0.15) is 56.0 Å². The van der Waals surface area contributed by atoms with E-state index in [0.29, 0.717) is 24.8 Å². The van der Waals surface area contributed by atoms with Gasteiger partial charge in [-0.25, -0.2) is 0 Å². The molecular weight excluding hydrogens is 276 g/mol. The number of hydrogen-bond donors (Lipinski definition) is 1. The molecule has 1 aliphatic heterocycles. The highest BCUT2D eigenvalue weighted by Gasteiger charge is 2.37. The van der Waals surface area contributed by atoms with Crippen molar-refractivity contribution in [2.75, 3.05) is 5.32 Å². The normalized spacial score (nSPS) is 18.6. The Morgan fingerprint density at radius 2 is 1.95 bits per heavy atom. The summed E-state index contributed by atoms with van der Waals surface area (Å²) in [6.45, 7) is 6.46. The smallest absolute Gasteiger partial charge is 0.254 e. The van der Waals surface area contributed by atoms with Gasteiger partial charge in [0.25, 0.3) is 5.91 Å². The van der Waals surface area contributed by atoms with Gasteiger partial charge in [-0.1, -0.05) is 13.8 Å². The van der Waals surface area contributed by atoms with Crippen molar-refractivity contribution >= 4 is 17.5 Å². The van der Waals surface area contributed by atoms with E-state index in [1.807, 2.05) is 18.2 Å². The zero-order valence-corrected chi connectivity index (χ0v) is 13.6. The molecule has 1 heterocycles. The Bertz CT molecular complexity index is 605. The van der Waals surface area contributed by atoms with E-state index in [-0.39, 0.29) is 17.9 Å². The molecule has 1 N–H and O–H groups in total. The minimum Gasteiger partial charge on any atom is -0.333 e. The van der Waals surface area contributed by atoms with Gasteiger partial charge in [0, 0.05) is 29.8 Å². The minimum absolute atomic E-state index is 0.0552. The molecule has 0 aromatic heterocycles. The maximum absolute atomic E-state index is 13.0. The van der Waals surface area contributed by atoms with Gasteiger partial charge in [0.1, 0.15) is 0 Å². The van der Waals surface area contributed by atoms with Crippen molar-refractivity contribution in [3.63, 3.8) is 0 Å². The fourth-order valence-electron chi connectivity index (χ4n) is 3.02. The third-order valence-corrected chi connectivity index (χ3v) is 4.83. The molecule has 22 heavy (non-hydrogen) atoms. The van der Waals surface area contributed by atoms with Crippen LogP contribution in [0.3, 0.4) is 0 Å². The average molecular weight is 300 g/mol. The molecular formula is C18H24N2O2. The predicted molar refractivity (Wildman–Crippen MR) is 86.9 cm³/mol. The lowest BCUT2D eigenvalue weighted by molar-refractivity contribution is -0.116. The monoisotopic (exact) mass is 300 g/mol. The number of nitrogens with one attached hydrogen (secondary N) is 1. The van der Waals surface area contributed by atoms with Crippen molar-refractivity contribution in [1.29, 1.82) is 0 Å². The van der Waals surface area contributed by atoms with Gasteiger partial charge in [-0.2, -0.15) is 0 Å². The Labute approximate surface area is 131 Å². The second-order valence-corrected chi connectivity index (χ2v) is 6.85. The number of hydrogen-bond acceptors (Lipinski definition) is 2. The number of carbonyl (C=O) groups excluding carboxylic acids is 2. The Balaban J connectivity index is 1.86. The first-order valence-corrected chi connectivity index (χ1v) is 8.23. The fraction of sp³-hybridized carbons (Fsp3) is 0.556. The Morgan fingerprint density at radius 1 is 1.23 bits per heavy atom. The van der Waals surface area contributed by atoms with Gasteiger partial charge in [-0.15, -0.1) is 0 Å². The summed E-state index contributed by atoms with van der Waals surface area (Å²) in [5, 5.41) is 2.87. The van der Waals surface area contributed by atoms with Crippen molar-refractivity contribution in [1.82, 2.24) is 4.90 Å². The van der Waals surface area contributed by atoms with Gasteiger partial charge in [0.15, 0.2) is 0 Å². The van der Waals surface area contributed by atoms with Crippen LogP contribution in [-0.2, 0) is 11.2 Å². The summed E-state index contributed by atoms with van der Waals surface area (Å²) in [5.41, 5.74) is 2.66. The van der Waals surface area contributed by atoms with Gasteiger partial charge >= 0.3 is 0 Å². The van der Waals surface area contributed by atoms with Gasteiger partial charge in [0.2, 0.25) is 5.91 Å². The summed E-state index contributed by atoms with van der Waals surface area (Å²) in [4.78, 5) is 26.5. The highest BCUT2D eigenvalue weighted by atomic mass is 16.2. The third-order valence-electron chi connectivity index (χ3n) is 4.83. The van der Waals surface area contributed by atoms with Crippen molar-refractivity contribution < 1.29 is 9.59 Å². The molecule has 118 valence electrons. The summed E-state index contributed by atoms with van der Waals surface area (Å²) in [5.74, 6) is 0.629. The number of benzene rings is 1. The quantitative estimate of drug-likeness (QED) is 0.928. The van der Waals surface area contributed by atoms with Gasteiger partial charge < -0.3 is 10.2 Å². The van der Waals surface area contributed by atoms with E-state index in [1.54, 1.807) is 0 Å². The maximum atomic E-state index is 13.0. The largest absolute Gasteiger partial charge is 0.333 e. The molecule has 1 aliphatic carbocycles. The average Bonchev–Trinajstić information content (AvgIpc) is 3.31. The number of amides is 2. The molecule has 4 heteroatoms. The van der Waals surface area contributed by atoms with E-state index in [0.717, 1.165) is 29.7 Å². The number of anilines is 1. The first-order chi connectivity index (χ1) is 10.5. The number of nitrogens with zero attached hydrogens (tertiary/aromatic N) is 1. The Morgan fingerprint density at radius 3 is 2.59 bits per heavy atom. The summed E-state index contributed by atoms with van der Waals surface area (Å²) >= 11 is 0. The van der Waals surface area contributed by atoms with Crippen LogP contribution in [-0.4, -0.2) is 28.8 Å². The van der Waals surface area contributed by atoms with E-state index in [2.05, 4.69) is 31.0 Å². The van der Waals surface area contributed by atoms with E-state index >= 15 is 0 Å². The molecule has 0 saturated heterocycles. The molecule has 0 radical (unpaired) electrons. The molecule has 1 aromatic carbocycles. The van der Waals surface area contributed by atoms with Gasteiger partial charge in [0.05, 0.1) is 0 Å². The summed E-state index contributed by atoms with van der Waals surface area (Å²) in [6.07, 6.45) is 3.44. The summed E-state index contributed by atoms with van der Waals surface area (Å²) in [6, 6.07) is 6.32. The van der Waals surface area contributed by atoms with Crippen molar-refractivity contribution in [3.8, 4) is 0 Å². The van der Waals surface area contributed by atoms with E-state index < -0.39 is 0 Å². The second kappa shape index (κ2) is 5.75. The first-order valence-electron chi connectivity index (χ1n) is 8.23. The van der Waals surface area contributed by atoms with Crippen LogP contribution in [0.5, 0.6) is 0 Å². The van der Waals surface area contributed by atoms with Crippen LogP contribution in [0.15, 0.2) is 18.2 Å². The van der Waals surface area contributed by atoms with Crippen LogP contribution >= 0.6 is 0 Å². The van der Waals surface area contributed by atoms with Gasteiger partial charge in [-0.05, 0) is 55.9 Å². The molecule has 1 fully saturated rings. The molecule has 4 nitrogen and oxygen atoms in total. The second-order valence-electron chi connectivity index (χ2n) is 6.85. The highest BCUT2D eigenvalue weighted by Crippen LogP contribution is 2.33. The topological polar surface area (TPSA) is 49.4 Å². The standard InChI is InChI=1S/C18H24N2O2/c1-11(2)12(3)20(15-6-7-15)18(22)14-4-8-16-13(10-14)5-9-17(21)19-16/h4,8,10-12,15H,5-7,9H2,1-3H3,(H,19,21)/t12-/m0/s1. The maximum Gasteiger partial charge on any atom is 0.254 e. The fourth-order valence-corrected chi connectivity index (χ4v) is 3.02. The molecule has 0 bridgehead atoms. The lowest BCUT2D eigenvalue weighted by Gasteiger charge is -2.32. The molecule has 1 atom stereocenters. The highest BCUT2D eigenvalue weighted by molar-refractivity contribution is 5.98. The van der Waals surface area contributed by atoms with Crippen molar-refractivity contribution in [2.45, 2.75) is 58.5 Å². The van der Waals surface area contributed by atoms with E-state index in [1.165, 1.54) is 0 Å². The first kappa shape index (κ1) is 15.1. The molecule has 2 amide bonds. The third kappa shape index (κ3) is 2.87. The van der Waals surface area contributed by atoms with Crippen LogP contribution in [0, 0.1) is 5.92 Å². The Hall–Kier alpha value is -1.84. The SMILES string of the molecule is CC(C)[C@H](C)N(C(=O)c1ccc2c(c1)CCC(=O)N2)C1CC1. The van der Waals surface area contributed by atoms with Crippen molar-refractivity contribution in [3.05, 3.63) is 29.3 Å². The molecule has 0 spiro atoms. The van der Waals surface area contributed by atoms with Gasteiger partial charge in [-0.3, -0.25) is 9.59 Å². The number of fused-ring (bicyclic) bond motifs is 1. The molecule has 3 rings (SSSR count). The summed E-state index contributed by atoms with van der Waals surface area (Å²) < 4.78 is 0. The van der Waals surface area contributed by atoms with E-state index in [4.69, 9.17) is 0 Å². The zero-order valence-electron chi connectivity index (χ0n) is 13.6.